The van der Waals surface area contributed by atoms with Crippen LogP contribution in [0.3, 0.4) is 0 Å². The number of benzene rings is 2. The summed E-state index contributed by atoms with van der Waals surface area (Å²) < 4.78 is 12.4. The topological polar surface area (TPSA) is 95.3 Å². The minimum atomic E-state index is -0.306. The Hall–Kier alpha value is -4.20. The lowest BCUT2D eigenvalue weighted by Gasteiger charge is -2.21. The van der Waals surface area contributed by atoms with Gasteiger partial charge in [0.15, 0.2) is 11.5 Å². The third-order valence-corrected chi connectivity index (χ3v) is 5.78. The molecule has 1 amide bonds. The van der Waals surface area contributed by atoms with E-state index >= 15 is 0 Å². The molecule has 2 aromatic carbocycles. The van der Waals surface area contributed by atoms with Crippen LogP contribution in [0.1, 0.15) is 29.8 Å². The average molecular weight is 457 g/mol. The monoisotopic (exact) mass is 456 g/mol. The van der Waals surface area contributed by atoms with Gasteiger partial charge in [-0.05, 0) is 42.3 Å². The molecular formula is C26H24N4O4. The highest BCUT2D eigenvalue weighted by Gasteiger charge is 2.18. The molecule has 4 aromatic rings. The number of ether oxygens (including phenoxy) is 2. The van der Waals surface area contributed by atoms with E-state index in [-0.39, 0.29) is 24.1 Å². The molecule has 1 N–H and O–H groups in total. The van der Waals surface area contributed by atoms with Gasteiger partial charge in [-0.2, -0.15) is 5.10 Å². The van der Waals surface area contributed by atoms with Gasteiger partial charge >= 0.3 is 0 Å². The SMILES string of the molecule is C[C@H](NC(=O)Cn1nc(Cc2cccnc2)c2ccccc2c1=O)c1ccc2c(c1)OCCO2. The maximum absolute atomic E-state index is 13.1. The van der Waals surface area contributed by atoms with Gasteiger partial charge < -0.3 is 14.8 Å². The molecular weight excluding hydrogens is 432 g/mol. The third-order valence-electron chi connectivity index (χ3n) is 5.78. The minimum absolute atomic E-state index is 0.182. The molecule has 34 heavy (non-hydrogen) atoms. The summed E-state index contributed by atoms with van der Waals surface area (Å²) in [6, 6.07) is 16.5. The van der Waals surface area contributed by atoms with Gasteiger partial charge in [-0.3, -0.25) is 14.6 Å². The fourth-order valence-corrected chi connectivity index (χ4v) is 4.07. The maximum Gasteiger partial charge on any atom is 0.275 e. The molecule has 5 rings (SSSR count). The van der Waals surface area contributed by atoms with Crippen molar-refractivity contribution in [1.82, 2.24) is 20.1 Å². The molecule has 0 fully saturated rings. The van der Waals surface area contributed by atoms with Gasteiger partial charge in [0.1, 0.15) is 19.8 Å². The van der Waals surface area contributed by atoms with E-state index in [0.717, 1.165) is 22.2 Å². The van der Waals surface area contributed by atoms with E-state index in [2.05, 4.69) is 15.4 Å². The van der Waals surface area contributed by atoms with Crippen molar-refractivity contribution < 1.29 is 14.3 Å². The molecule has 0 spiro atoms. The molecule has 3 heterocycles. The van der Waals surface area contributed by atoms with E-state index in [1.165, 1.54) is 4.68 Å². The highest BCUT2D eigenvalue weighted by Crippen LogP contribution is 2.32. The number of carbonyl (C=O) groups excluding carboxylic acids is 1. The van der Waals surface area contributed by atoms with Crippen LogP contribution in [0, 0.1) is 0 Å². The van der Waals surface area contributed by atoms with Crippen molar-refractivity contribution in [2.45, 2.75) is 25.9 Å². The standard InChI is InChI=1S/C26H24N4O4/c1-17(19-8-9-23-24(14-19)34-12-11-33-23)28-25(31)16-30-26(32)21-7-3-2-6-20(21)22(29-30)13-18-5-4-10-27-15-18/h2-10,14-15,17H,11-13,16H2,1H3,(H,28,31)/t17-/m0/s1. The van der Waals surface area contributed by atoms with Gasteiger partial charge in [-0.1, -0.05) is 30.3 Å². The summed E-state index contributed by atoms with van der Waals surface area (Å²) in [6.07, 6.45) is 3.99. The number of fused-ring (bicyclic) bond motifs is 2. The van der Waals surface area contributed by atoms with Gasteiger partial charge in [-0.15, -0.1) is 0 Å². The summed E-state index contributed by atoms with van der Waals surface area (Å²) in [7, 11) is 0. The molecule has 1 atom stereocenters. The molecule has 0 unspecified atom stereocenters. The Balaban J connectivity index is 1.38. The smallest absolute Gasteiger partial charge is 0.275 e. The Morgan fingerprint density at radius 3 is 2.65 bits per heavy atom. The summed E-state index contributed by atoms with van der Waals surface area (Å²) in [5.74, 6) is 1.05. The van der Waals surface area contributed by atoms with E-state index in [9.17, 15) is 9.59 Å². The Bertz CT molecular complexity index is 1400. The zero-order chi connectivity index (χ0) is 23.5. The van der Waals surface area contributed by atoms with Crippen LogP contribution in [-0.4, -0.2) is 33.9 Å². The highest BCUT2D eigenvalue weighted by molar-refractivity contribution is 5.84. The van der Waals surface area contributed by atoms with Gasteiger partial charge in [-0.25, -0.2) is 4.68 Å². The predicted molar refractivity (Wildman–Crippen MR) is 127 cm³/mol. The quantitative estimate of drug-likeness (QED) is 0.479. The van der Waals surface area contributed by atoms with Crippen molar-refractivity contribution in [3.63, 3.8) is 0 Å². The maximum atomic E-state index is 13.1. The zero-order valence-electron chi connectivity index (χ0n) is 18.7. The van der Waals surface area contributed by atoms with Crippen LogP contribution in [0.15, 0.2) is 71.8 Å². The Kier molecular flexibility index (Phi) is 5.95. The first-order chi connectivity index (χ1) is 16.6. The molecule has 8 heteroatoms. The van der Waals surface area contributed by atoms with Crippen molar-refractivity contribution in [2.75, 3.05) is 13.2 Å². The van der Waals surface area contributed by atoms with Crippen molar-refractivity contribution in [3.05, 3.63) is 94.2 Å². The van der Waals surface area contributed by atoms with E-state index in [1.54, 1.807) is 18.5 Å². The van der Waals surface area contributed by atoms with Crippen molar-refractivity contribution in [1.29, 1.82) is 0 Å². The van der Waals surface area contributed by atoms with Gasteiger partial charge in [0.05, 0.1) is 17.1 Å². The fraction of sp³-hybridized carbons (Fsp3) is 0.231. The number of carbonyl (C=O) groups is 1. The largest absolute Gasteiger partial charge is 0.486 e. The Morgan fingerprint density at radius 1 is 1.06 bits per heavy atom. The molecule has 0 radical (unpaired) electrons. The van der Waals surface area contributed by atoms with Crippen LogP contribution in [0.4, 0.5) is 0 Å². The normalized spacial score (nSPS) is 13.4. The van der Waals surface area contributed by atoms with Gasteiger partial charge in [0, 0.05) is 24.2 Å². The number of aromatic nitrogens is 3. The van der Waals surface area contributed by atoms with E-state index in [0.29, 0.717) is 36.5 Å². The summed E-state index contributed by atoms with van der Waals surface area (Å²) in [5.41, 5.74) is 2.28. The highest BCUT2D eigenvalue weighted by atomic mass is 16.6. The first-order valence-electron chi connectivity index (χ1n) is 11.1. The summed E-state index contributed by atoms with van der Waals surface area (Å²) in [4.78, 5) is 30.1. The number of hydrogen-bond donors (Lipinski definition) is 1. The molecule has 172 valence electrons. The van der Waals surface area contributed by atoms with Crippen molar-refractivity contribution in [3.8, 4) is 11.5 Å². The number of rotatable bonds is 6. The third kappa shape index (κ3) is 4.47. The van der Waals surface area contributed by atoms with Crippen LogP contribution < -0.4 is 20.3 Å². The first kappa shape index (κ1) is 21.6. The lowest BCUT2D eigenvalue weighted by atomic mass is 10.1. The molecule has 1 aliphatic rings. The molecule has 1 aliphatic heterocycles. The fourth-order valence-electron chi connectivity index (χ4n) is 4.07. The zero-order valence-corrected chi connectivity index (χ0v) is 18.7. The number of nitrogens with one attached hydrogen (secondary N) is 1. The van der Waals surface area contributed by atoms with Gasteiger partial charge in [0.25, 0.3) is 5.56 Å². The molecule has 8 nitrogen and oxygen atoms in total. The predicted octanol–water partition coefficient (Wildman–Crippen LogP) is 3.03. The van der Waals surface area contributed by atoms with Gasteiger partial charge in [0.2, 0.25) is 5.91 Å². The number of pyridine rings is 1. The molecule has 2 aromatic heterocycles. The molecule has 0 bridgehead atoms. The molecule has 0 saturated carbocycles. The first-order valence-corrected chi connectivity index (χ1v) is 11.1. The number of nitrogens with zero attached hydrogens (tertiary/aromatic N) is 3. The van der Waals surface area contributed by atoms with Crippen LogP contribution in [0.5, 0.6) is 11.5 Å². The molecule has 0 aliphatic carbocycles. The second-order valence-electron chi connectivity index (χ2n) is 8.19. The van der Waals surface area contributed by atoms with Crippen molar-refractivity contribution >= 4 is 16.7 Å². The second-order valence-corrected chi connectivity index (χ2v) is 8.19. The number of hydrogen-bond acceptors (Lipinski definition) is 6. The lowest BCUT2D eigenvalue weighted by Crippen LogP contribution is -2.35. The van der Waals surface area contributed by atoms with Crippen LogP contribution >= 0.6 is 0 Å². The molecule has 0 saturated heterocycles. The van der Waals surface area contributed by atoms with E-state index < -0.39 is 0 Å². The second kappa shape index (κ2) is 9.35. The summed E-state index contributed by atoms with van der Waals surface area (Å²) >= 11 is 0. The van der Waals surface area contributed by atoms with E-state index in [4.69, 9.17) is 9.47 Å². The summed E-state index contributed by atoms with van der Waals surface area (Å²) in [6.45, 7) is 2.72. The Labute approximate surface area is 196 Å². The Morgan fingerprint density at radius 2 is 1.85 bits per heavy atom. The van der Waals surface area contributed by atoms with Crippen LogP contribution in [-0.2, 0) is 17.8 Å². The minimum Gasteiger partial charge on any atom is -0.486 e. The van der Waals surface area contributed by atoms with Crippen LogP contribution in [0.25, 0.3) is 10.8 Å². The van der Waals surface area contributed by atoms with Crippen molar-refractivity contribution in [2.24, 2.45) is 0 Å². The van der Waals surface area contributed by atoms with Crippen LogP contribution in [0.2, 0.25) is 0 Å². The summed E-state index contributed by atoms with van der Waals surface area (Å²) in [5, 5.41) is 8.81. The lowest BCUT2D eigenvalue weighted by molar-refractivity contribution is -0.122. The van der Waals surface area contributed by atoms with E-state index in [1.807, 2.05) is 55.5 Å². The average Bonchev–Trinajstić information content (AvgIpc) is 2.87. The number of amides is 1.